The third-order valence-corrected chi connectivity index (χ3v) is 6.69. The van der Waals surface area contributed by atoms with Crippen molar-refractivity contribution in [1.29, 1.82) is 0 Å². The van der Waals surface area contributed by atoms with Crippen molar-refractivity contribution in [3.05, 3.63) is 45.3 Å². The maximum Gasteiger partial charge on any atom is 0.471 e. The molecule has 2 amide bonds. The lowest BCUT2D eigenvalue weighted by molar-refractivity contribution is -0.167. The number of hydrogen-bond donors (Lipinski definition) is 2. The van der Waals surface area contributed by atoms with E-state index in [-0.39, 0.29) is 16.0 Å². The topological polar surface area (TPSA) is 58.2 Å². The van der Waals surface area contributed by atoms with E-state index in [1.54, 1.807) is 24.3 Å². The minimum absolute atomic E-state index is 0.0280. The zero-order chi connectivity index (χ0) is 22.3. The molecule has 1 aromatic heterocycles. The molecule has 0 aliphatic heterocycles. The monoisotopic (exact) mass is 458 g/mol. The van der Waals surface area contributed by atoms with Crippen LogP contribution in [0.2, 0.25) is 5.02 Å². The van der Waals surface area contributed by atoms with Gasteiger partial charge in [-0.25, -0.2) is 0 Å². The molecule has 1 aromatic carbocycles. The van der Waals surface area contributed by atoms with Gasteiger partial charge in [0.1, 0.15) is 5.00 Å². The second kappa shape index (κ2) is 8.23. The second-order valence-corrected chi connectivity index (χ2v) is 9.97. The third kappa shape index (κ3) is 4.98. The number of hydrogen-bond acceptors (Lipinski definition) is 3. The highest BCUT2D eigenvalue weighted by atomic mass is 35.5. The summed E-state index contributed by atoms with van der Waals surface area (Å²) >= 11 is 7.00. The van der Waals surface area contributed by atoms with Gasteiger partial charge >= 0.3 is 12.1 Å². The van der Waals surface area contributed by atoms with Crippen LogP contribution >= 0.6 is 22.9 Å². The zero-order valence-corrected chi connectivity index (χ0v) is 18.3. The fraction of sp³-hybridized carbons (Fsp3) is 0.429. The molecule has 4 nitrogen and oxygen atoms in total. The second-order valence-electron chi connectivity index (χ2n) is 8.43. The van der Waals surface area contributed by atoms with E-state index in [0.29, 0.717) is 35.0 Å². The first kappa shape index (κ1) is 22.6. The Morgan fingerprint density at radius 1 is 1.17 bits per heavy atom. The lowest BCUT2D eigenvalue weighted by Crippen LogP contribution is -2.30. The molecule has 9 heteroatoms. The van der Waals surface area contributed by atoms with Crippen LogP contribution in [0.4, 0.5) is 23.9 Å². The molecule has 1 unspecified atom stereocenters. The van der Waals surface area contributed by atoms with Gasteiger partial charge in [0.25, 0.3) is 5.91 Å². The standard InChI is InChI=1S/C21H22ClF3N2O2S/c1-20(2,3)11-7-8-14-15(9-11)30-18(27-19(29)21(23,24)25)16(14)17(28)26-13-6-4-5-12(22)10-13/h4-6,10-11H,7-9H2,1-3H3,(H,26,28)(H,27,29). The van der Waals surface area contributed by atoms with E-state index < -0.39 is 18.0 Å². The van der Waals surface area contributed by atoms with Gasteiger partial charge in [-0.05, 0) is 54.4 Å². The Hall–Kier alpha value is -2.06. The van der Waals surface area contributed by atoms with Crippen LogP contribution in [0, 0.1) is 11.3 Å². The lowest BCUT2D eigenvalue weighted by atomic mass is 9.72. The molecule has 1 atom stereocenters. The minimum Gasteiger partial charge on any atom is -0.322 e. The van der Waals surface area contributed by atoms with Crippen LogP contribution in [0.15, 0.2) is 24.3 Å². The number of carbonyl (C=O) groups excluding carboxylic acids is 2. The average molecular weight is 459 g/mol. The SMILES string of the molecule is CC(C)(C)C1CCc2c(sc(NC(=O)C(F)(F)F)c2C(=O)Nc2cccc(Cl)c2)C1. The molecule has 2 aromatic rings. The highest BCUT2D eigenvalue weighted by Crippen LogP contribution is 2.44. The normalized spacial score (nSPS) is 16.7. The van der Waals surface area contributed by atoms with E-state index in [0.717, 1.165) is 22.6 Å². The van der Waals surface area contributed by atoms with Crippen molar-refractivity contribution in [2.75, 3.05) is 10.6 Å². The van der Waals surface area contributed by atoms with Crippen LogP contribution in [-0.2, 0) is 17.6 Å². The van der Waals surface area contributed by atoms with Crippen LogP contribution in [0.25, 0.3) is 0 Å². The largest absolute Gasteiger partial charge is 0.471 e. The molecule has 30 heavy (non-hydrogen) atoms. The van der Waals surface area contributed by atoms with Gasteiger partial charge < -0.3 is 10.6 Å². The van der Waals surface area contributed by atoms with Crippen LogP contribution in [0.5, 0.6) is 0 Å². The first-order valence-electron chi connectivity index (χ1n) is 9.46. The van der Waals surface area contributed by atoms with Gasteiger partial charge in [-0.1, -0.05) is 38.4 Å². The Bertz CT molecular complexity index is 980. The molecule has 0 saturated carbocycles. The summed E-state index contributed by atoms with van der Waals surface area (Å²) in [6, 6.07) is 6.47. The number of thiophene rings is 1. The van der Waals surface area contributed by atoms with Gasteiger partial charge in [-0.2, -0.15) is 13.2 Å². The number of fused-ring (bicyclic) bond motifs is 1. The van der Waals surface area contributed by atoms with Crippen molar-refractivity contribution in [1.82, 2.24) is 0 Å². The van der Waals surface area contributed by atoms with Crippen molar-refractivity contribution in [2.24, 2.45) is 11.3 Å². The molecule has 2 N–H and O–H groups in total. The minimum atomic E-state index is -5.04. The fourth-order valence-electron chi connectivity index (χ4n) is 3.59. The van der Waals surface area contributed by atoms with Gasteiger partial charge in [0.2, 0.25) is 0 Å². The van der Waals surface area contributed by atoms with Crippen molar-refractivity contribution in [3.63, 3.8) is 0 Å². The number of anilines is 2. The number of halogens is 4. The Labute approximate surface area is 181 Å². The molecule has 0 bridgehead atoms. The summed E-state index contributed by atoms with van der Waals surface area (Å²) in [6.45, 7) is 6.36. The molecule has 0 saturated heterocycles. The summed E-state index contributed by atoms with van der Waals surface area (Å²) in [5.41, 5.74) is 1.25. The van der Waals surface area contributed by atoms with E-state index >= 15 is 0 Å². The van der Waals surface area contributed by atoms with Gasteiger partial charge in [0.15, 0.2) is 0 Å². The molecule has 0 fully saturated rings. The smallest absolute Gasteiger partial charge is 0.322 e. The molecule has 0 radical (unpaired) electrons. The van der Waals surface area contributed by atoms with Crippen molar-refractivity contribution in [3.8, 4) is 0 Å². The van der Waals surface area contributed by atoms with Crippen LogP contribution in [0.1, 0.15) is 48.0 Å². The van der Waals surface area contributed by atoms with Gasteiger partial charge in [0.05, 0.1) is 5.56 Å². The Kier molecular flexibility index (Phi) is 6.20. The number of nitrogens with one attached hydrogen (secondary N) is 2. The van der Waals surface area contributed by atoms with Crippen molar-refractivity contribution in [2.45, 2.75) is 46.2 Å². The maximum absolute atomic E-state index is 13.0. The summed E-state index contributed by atoms with van der Waals surface area (Å²) in [6.07, 6.45) is -3.01. The molecule has 162 valence electrons. The van der Waals surface area contributed by atoms with E-state index in [9.17, 15) is 22.8 Å². The first-order chi connectivity index (χ1) is 13.9. The number of carbonyl (C=O) groups is 2. The number of rotatable bonds is 3. The summed E-state index contributed by atoms with van der Waals surface area (Å²) < 4.78 is 38.5. The summed E-state index contributed by atoms with van der Waals surface area (Å²) in [5.74, 6) is -2.33. The maximum atomic E-state index is 13.0. The molecule has 1 heterocycles. The predicted molar refractivity (Wildman–Crippen MR) is 113 cm³/mol. The van der Waals surface area contributed by atoms with Gasteiger partial charge in [0, 0.05) is 15.6 Å². The molecule has 0 spiro atoms. The summed E-state index contributed by atoms with van der Waals surface area (Å²) in [5, 5.41) is 4.93. The molecule has 1 aliphatic rings. The Morgan fingerprint density at radius 2 is 1.87 bits per heavy atom. The quantitative estimate of drug-likeness (QED) is 0.566. The third-order valence-electron chi connectivity index (χ3n) is 5.28. The highest BCUT2D eigenvalue weighted by Gasteiger charge is 2.41. The van der Waals surface area contributed by atoms with Gasteiger partial charge in [-0.3, -0.25) is 9.59 Å². The number of alkyl halides is 3. The fourth-order valence-corrected chi connectivity index (χ4v) is 5.10. The summed E-state index contributed by atoms with van der Waals surface area (Å²) in [4.78, 5) is 25.4. The molecule has 3 rings (SSSR count). The predicted octanol–water partition coefficient (Wildman–Crippen LogP) is 6.31. The Balaban J connectivity index is 1.98. The Morgan fingerprint density at radius 3 is 2.47 bits per heavy atom. The van der Waals surface area contributed by atoms with E-state index in [4.69, 9.17) is 11.6 Å². The van der Waals surface area contributed by atoms with E-state index in [2.05, 4.69) is 26.1 Å². The highest BCUT2D eigenvalue weighted by molar-refractivity contribution is 7.17. The van der Waals surface area contributed by atoms with Crippen LogP contribution in [-0.4, -0.2) is 18.0 Å². The van der Waals surface area contributed by atoms with Crippen molar-refractivity contribution < 1.29 is 22.8 Å². The number of amides is 2. The molecular weight excluding hydrogens is 437 g/mol. The van der Waals surface area contributed by atoms with E-state index in [1.165, 1.54) is 0 Å². The molecular formula is C21H22ClF3N2O2S. The van der Waals surface area contributed by atoms with Gasteiger partial charge in [-0.15, -0.1) is 11.3 Å². The summed E-state index contributed by atoms with van der Waals surface area (Å²) in [7, 11) is 0. The van der Waals surface area contributed by atoms with E-state index in [1.807, 2.05) is 5.32 Å². The lowest BCUT2D eigenvalue weighted by Gasteiger charge is -2.33. The van der Waals surface area contributed by atoms with Crippen LogP contribution < -0.4 is 10.6 Å². The zero-order valence-electron chi connectivity index (χ0n) is 16.7. The molecule has 1 aliphatic carbocycles. The van der Waals surface area contributed by atoms with Crippen molar-refractivity contribution >= 4 is 45.4 Å². The number of benzene rings is 1. The van der Waals surface area contributed by atoms with Crippen LogP contribution in [0.3, 0.4) is 0 Å². The first-order valence-corrected chi connectivity index (χ1v) is 10.7. The average Bonchev–Trinajstić information content (AvgIpc) is 2.97.